The van der Waals surface area contributed by atoms with Gasteiger partial charge in [-0.15, -0.1) is 11.3 Å². The Kier molecular flexibility index (Phi) is 7.44. The lowest BCUT2D eigenvalue weighted by molar-refractivity contribution is 0.0470. The number of hydrogen-bond acceptors (Lipinski definition) is 8. The molecule has 0 spiro atoms. The zero-order valence-corrected chi connectivity index (χ0v) is 20.0. The molecule has 3 heterocycles. The number of sulfonamides is 1. The van der Waals surface area contributed by atoms with E-state index in [1.54, 1.807) is 22.9 Å². The van der Waals surface area contributed by atoms with Crippen molar-refractivity contribution in [2.45, 2.75) is 20.3 Å². The molecule has 170 valence electrons. The molecule has 0 aliphatic rings. The summed E-state index contributed by atoms with van der Waals surface area (Å²) in [6, 6.07) is 8.38. The third kappa shape index (κ3) is 6.22. The molecule has 0 amide bonds. The van der Waals surface area contributed by atoms with Crippen molar-refractivity contribution in [2.75, 3.05) is 19.4 Å². The molecule has 0 atom stereocenters. The maximum absolute atomic E-state index is 12.5. The average molecular weight is 497 g/mol. The van der Waals surface area contributed by atoms with Crippen LogP contribution >= 0.6 is 22.9 Å². The van der Waals surface area contributed by atoms with Gasteiger partial charge in [0.25, 0.3) is 0 Å². The molecule has 0 bridgehead atoms. The molecule has 9 nitrogen and oxygen atoms in total. The lowest BCUT2D eigenvalue weighted by Gasteiger charge is -2.08. The highest BCUT2D eigenvalue weighted by Crippen LogP contribution is 2.20. The van der Waals surface area contributed by atoms with Crippen LogP contribution in [0.25, 0.3) is 5.82 Å². The number of thiophene rings is 1. The molecule has 32 heavy (non-hydrogen) atoms. The third-order valence-electron chi connectivity index (χ3n) is 4.26. The van der Waals surface area contributed by atoms with Crippen LogP contribution in [0.3, 0.4) is 0 Å². The number of carbonyl (C=O) groups is 2. The van der Waals surface area contributed by atoms with Gasteiger partial charge in [0.05, 0.1) is 21.8 Å². The number of pyridine rings is 1. The SMILES string of the molecule is Cc1cc(C)n(-c2ccc(Cl)c(C(=O)OCC(=O)c3ccc(CCNS(C)(=O)=O)s3)n2)n1. The number of aryl methyl sites for hydroxylation is 2. The molecular weight excluding hydrogens is 476 g/mol. The third-order valence-corrected chi connectivity index (χ3v) is 6.48. The van der Waals surface area contributed by atoms with Gasteiger partial charge in [0.2, 0.25) is 15.8 Å². The van der Waals surface area contributed by atoms with E-state index in [0.29, 0.717) is 17.1 Å². The van der Waals surface area contributed by atoms with Gasteiger partial charge in [0, 0.05) is 17.1 Å². The minimum atomic E-state index is -3.27. The largest absolute Gasteiger partial charge is 0.452 e. The van der Waals surface area contributed by atoms with Crippen molar-refractivity contribution in [1.82, 2.24) is 19.5 Å². The summed E-state index contributed by atoms with van der Waals surface area (Å²) < 4.78 is 31.3. The number of aromatic nitrogens is 3. The van der Waals surface area contributed by atoms with E-state index in [2.05, 4.69) is 14.8 Å². The van der Waals surface area contributed by atoms with Crippen LogP contribution in [0.1, 0.15) is 36.4 Å². The summed E-state index contributed by atoms with van der Waals surface area (Å²) in [5.74, 6) is -0.791. The summed E-state index contributed by atoms with van der Waals surface area (Å²) in [7, 11) is -3.27. The van der Waals surface area contributed by atoms with Crippen LogP contribution in [0.4, 0.5) is 0 Å². The van der Waals surface area contributed by atoms with Crippen molar-refractivity contribution in [3.63, 3.8) is 0 Å². The highest BCUT2D eigenvalue weighted by molar-refractivity contribution is 7.88. The van der Waals surface area contributed by atoms with Crippen molar-refractivity contribution in [2.24, 2.45) is 0 Å². The zero-order chi connectivity index (χ0) is 23.5. The number of nitrogens with zero attached hydrogens (tertiary/aromatic N) is 3. The van der Waals surface area contributed by atoms with E-state index in [1.807, 2.05) is 19.9 Å². The van der Waals surface area contributed by atoms with Gasteiger partial charge in [-0.05, 0) is 50.6 Å². The van der Waals surface area contributed by atoms with Gasteiger partial charge in [-0.25, -0.2) is 27.6 Å². The molecular formula is C20H21ClN4O5S2. The van der Waals surface area contributed by atoms with Crippen LogP contribution in [0.5, 0.6) is 0 Å². The van der Waals surface area contributed by atoms with Crippen LogP contribution in [0, 0.1) is 13.8 Å². The van der Waals surface area contributed by atoms with Gasteiger partial charge >= 0.3 is 5.97 Å². The van der Waals surface area contributed by atoms with Gasteiger partial charge in [-0.3, -0.25) is 4.79 Å². The molecule has 12 heteroatoms. The van der Waals surface area contributed by atoms with Gasteiger partial charge in [0.1, 0.15) is 0 Å². The number of hydrogen-bond donors (Lipinski definition) is 1. The summed E-state index contributed by atoms with van der Waals surface area (Å²) in [4.78, 5) is 30.4. The van der Waals surface area contributed by atoms with Gasteiger partial charge in [0.15, 0.2) is 18.1 Å². The number of halogens is 1. The normalized spacial score (nSPS) is 11.5. The van der Waals surface area contributed by atoms with Gasteiger partial charge in [-0.2, -0.15) is 5.10 Å². The Morgan fingerprint density at radius 3 is 2.62 bits per heavy atom. The molecule has 0 radical (unpaired) electrons. The second kappa shape index (κ2) is 9.90. The number of esters is 1. The van der Waals surface area contributed by atoms with E-state index in [4.69, 9.17) is 16.3 Å². The molecule has 0 fully saturated rings. The number of ether oxygens (including phenoxy) is 1. The fourth-order valence-electron chi connectivity index (χ4n) is 2.85. The topological polar surface area (TPSA) is 120 Å². The number of ketones is 1. The van der Waals surface area contributed by atoms with Crippen LogP contribution in [0.2, 0.25) is 5.02 Å². The van der Waals surface area contributed by atoms with Crippen molar-refractivity contribution < 1.29 is 22.7 Å². The summed E-state index contributed by atoms with van der Waals surface area (Å²) >= 11 is 7.33. The minimum absolute atomic E-state index is 0.101. The molecule has 0 unspecified atom stereocenters. The lowest BCUT2D eigenvalue weighted by Crippen LogP contribution is -2.24. The van der Waals surface area contributed by atoms with E-state index in [9.17, 15) is 18.0 Å². The monoisotopic (exact) mass is 496 g/mol. The number of carbonyl (C=O) groups excluding carboxylic acids is 2. The van der Waals surface area contributed by atoms with E-state index in [0.717, 1.165) is 22.5 Å². The smallest absolute Gasteiger partial charge is 0.359 e. The maximum Gasteiger partial charge on any atom is 0.359 e. The zero-order valence-electron chi connectivity index (χ0n) is 17.6. The number of Topliss-reactive ketones (excluding diaryl/α,β-unsaturated/α-hetero) is 1. The first-order valence-electron chi connectivity index (χ1n) is 9.47. The molecule has 0 aliphatic heterocycles. The second-order valence-corrected chi connectivity index (χ2v) is 10.4. The summed E-state index contributed by atoms with van der Waals surface area (Å²) in [5.41, 5.74) is 1.53. The molecule has 0 aromatic carbocycles. The first kappa shape index (κ1) is 24.1. The lowest BCUT2D eigenvalue weighted by atomic mass is 10.3. The number of nitrogens with one attached hydrogen (secondary N) is 1. The Bertz CT molecular complexity index is 1270. The first-order chi connectivity index (χ1) is 15.0. The van der Waals surface area contributed by atoms with E-state index < -0.39 is 22.6 Å². The molecule has 0 saturated carbocycles. The standard InChI is InChI=1S/C20H21ClN4O5S2/c1-12-10-13(2)25(24-12)18-7-5-15(21)19(23-18)20(27)30-11-16(26)17-6-4-14(31-17)8-9-22-32(3,28)29/h4-7,10,22H,8-9,11H2,1-3H3. The number of rotatable bonds is 9. The molecule has 0 aliphatic carbocycles. The summed E-state index contributed by atoms with van der Waals surface area (Å²) in [6.07, 6.45) is 1.53. The maximum atomic E-state index is 12.5. The van der Waals surface area contributed by atoms with Crippen molar-refractivity contribution in [3.05, 3.63) is 62.2 Å². The Morgan fingerprint density at radius 2 is 1.97 bits per heavy atom. The fraction of sp³-hybridized carbons (Fsp3) is 0.300. The molecule has 3 aromatic rings. The predicted octanol–water partition coefficient (Wildman–Crippen LogP) is 2.73. The van der Waals surface area contributed by atoms with Crippen LogP contribution < -0.4 is 4.72 Å². The molecule has 1 N–H and O–H groups in total. The van der Waals surface area contributed by atoms with Gasteiger partial charge in [-0.1, -0.05) is 11.6 Å². The highest BCUT2D eigenvalue weighted by Gasteiger charge is 2.19. The van der Waals surface area contributed by atoms with Crippen molar-refractivity contribution in [3.8, 4) is 5.82 Å². The van der Waals surface area contributed by atoms with E-state index in [1.165, 1.54) is 17.4 Å². The first-order valence-corrected chi connectivity index (χ1v) is 12.6. The Balaban J connectivity index is 1.63. The summed E-state index contributed by atoms with van der Waals surface area (Å²) in [6.45, 7) is 3.47. The molecule has 3 aromatic heterocycles. The summed E-state index contributed by atoms with van der Waals surface area (Å²) in [5, 5.41) is 4.43. The van der Waals surface area contributed by atoms with Gasteiger partial charge < -0.3 is 4.74 Å². The van der Waals surface area contributed by atoms with E-state index >= 15 is 0 Å². The van der Waals surface area contributed by atoms with E-state index in [-0.39, 0.29) is 23.0 Å². The van der Waals surface area contributed by atoms with Crippen LogP contribution in [-0.2, 0) is 21.2 Å². The molecule has 0 saturated heterocycles. The average Bonchev–Trinajstić information content (AvgIpc) is 3.31. The Hall–Kier alpha value is -2.60. The Morgan fingerprint density at radius 1 is 1.22 bits per heavy atom. The predicted molar refractivity (Wildman–Crippen MR) is 121 cm³/mol. The second-order valence-electron chi connectivity index (χ2n) is 7.02. The minimum Gasteiger partial charge on any atom is -0.452 e. The molecule has 3 rings (SSSR count). The Labute approximate surface area is 194 Å². The highest BCUT2D eigenvalue weighted by atomic mass is 35.5. The fourth-order valence-corrected chi connectivity index (χ4v) is 4.43. The van der Waals surface area contributed by atoms with Crippen molar-refractivity contribution in [1.29, 1.82) is 0 Å². The van der Waals surface area contributed by atoms with Crippen LogP contribution in [-0.4, -0.2) is 54.3 Å². The quantitative estimate of drug-likeness (QED) is 0.357. The van der Waals surface area contributed by atoms with Crippen molar-refractivity contribution >= 4 is 44.7 Å². The van der Waals surface area contributed by atoms with Crippen LogP contribution in [0.15, 0.2) is 30.3 Å².